The number of nitrogens with zero attached hydrogens (tertiary/aromatic N) is 4. The number of amidine groups is 1. The Morgan fingerprint density at radius 3 is 2.22 bits per heavy atom. The third-order valence-electron chi connectivity index (χ3n) is 9.55. The number of piperidine rings is 1. The van der Waals surface area contributed by atoms with Crippen LogP contribution in [0.4, 0.5) is 14.9 Å². The van der Waals surface area contributed by atoms with Gasteiger partial charge in [0.25, 0.3) is 0 Å². The molecule has 2 aromatic rings. The summed E-state index contributed by atoms with van der Waals surface area (Å²) in [5, 5.41) is 4.28. The molecule has 6 rings (SSSR count). The maximum atomic E-state index is 13.3. The van der Waals surface area contributed by atoms with Gasteiger partial charge in [0.05, 0.1) is 38.1 Å². The van der Waals surface area contributed by atoms with Gasteiger partial charge in [-0.3, -0.25) is 14.5 Å². The summed E-state index contributed by atoms with van der Waals surface area (Å²) in [6.07, 6.45) is 4.97. The van der Waals surface area contributed by atoms with E-state index in [0.29, 0.717) is 44.0 Å². The van der Waals surface area contributed by atoms with Crippen molar-refractivity contribution in [3.8, 4) is 16.9 Å². The Labute approximate surface area is 294 Å². The molecule has 3 saturated heterocycles. The molecule has 0 atom stereocenters. The van der Waals surface area contributed by atoms with Crippen LogP contribution in [0.25, 0.3) is 11.1 Å². The predicted molar refractivity (Wildman–Crippen MR) is 189 cm³/mol. The van der Waals surface area contributed by atoms with Gasteiger partial charge in [-0.2, -0.15) is 0 Å². The molecule has 1 amide bonds. The Balaban J connectivity index is 0.000000197. The molecule has 2 aromatic carbocycles. The van der Waals surface area contributed by atoms with E-state index in [1.807, 2.05) is 47.6 Å². The zero-order valence-corrected chi connectivity index (χ0v) is 30.3. The molecule has 272 valence electrons. The molecule has 0 radical (unpaired) electrons. The predicted octanol–water partition coefficient (Wildman–Crippen LogP) is 6.68. The first kappa shape index (κ1) is 36.9. The van der Waals surface area contributed by atoms with Crippen molar-refractivity contribution >= 4 is 29.9 Å². The Hall–Kier alpha value is -4.35. The molecule has 4 aliphatic heterocycles. The third kappa shape index (κ3) is 8.50. The van der Waals surface area contributed by atoms with E-state index < -0.39 is 16.6 Å². The van der Waals surface area contributed by atoms with Crippen LogP contribution in [0.5, 0.6) is 5.75 Å². The maximum Gasteiger partial charge on any atom is 0.410 e. The molecule has 12 heteroatoms. The fourth-order valence-electron chi connectivity index (χ4n) is 6.79. The number of hydrogen-bond acceptors (Lipinski definition) is 10. The average Bonchev–Trinajstić information content (AvgIpc) is 3.76. The van der Waals surface area contributed by atoms with Crippen molar-refractivity contribution in [2.75, 3.05) is 57.4 Å². The second-order valence-corrected chi connectivity index (χ2v) is 14.7. The van der Waals surface area contributed by atoms with Crippen LogP contribution in [0.2, 0.25) is 0 Å². The lowest BCUT2D eigenvalue weighted by Gasteiger charge is -2.45. The zero-order valence-electron chi connectivity index (χ0n) is 30.3. The molecule has 0 N–H and O–H groups in total. The summed E-state index contributed by atoms with van der Waals surface area (Å²) in [5.74, 6) is 1.20. The first-order valence-corrected chi connectivity index (χ1v) is 17.7. The van der Waals surface area contributed by atoms with Gasteiger partial charge >= 0.3 is 12.1 Å². The van der Waals surface area contributed by atoms with Gasteiger partial charge in [0.2, 0.25) is 0 Å². The van der Waals surface area contributed by atoms with Crippen LogP contribution in [-0.4, -0.2) is 97.7 Å². The number of anilines is 1. The average molecular weight is 695 g/mol. The van der Waals surface area contributed by atoms with Gasteiger partial charge in [0, 0.05) is 43.0 Å². The number of carbonyl (C=O) groups is 3. The van der Waals surface area contributed by atoms with E-state index >= 15 is 0 Å². The van der Waals surface area contributed by atoms with Crippen molar-refractivity contribution in [2.24, 2.45) is 10.6 Å². The van der Waals surface area contributed by atoms with E-state index in [0.717, 1.165) is 80.8 Å². The Morgan fingerprint density at radius 1 is 0.980 bits per heavy atom. The second kappa shape index (κ2) is 15.3. The lowest BCUT2D eigenvalue weighted by atomic mass is 9.80. The Kier molecular flexibility index (Phi) is 11.3. The summed E-state index contributed by atoms with van der Waals surface area (Å²) in [6, 6.07) is 10.1. The van der Waals surface area contributed by atoms with Gasteiger partial charge in [-0.25, -0.2) is 9.18 Å². The molecular formula is C38H51FN4O7. The summed E-state index contributed by atoms with van der Waals surface area (Å²) in [5.41, 5.74) is 2.07. The highest BCUT2D eigenvalue weighted by molar-refractivity contribution is 5.90. The minimum atomic E-state index is -0.503. The van der Waals surface area contributed by atoms with Gasteiger partial charge in [0.15, 0.2) is 5.60 Å². The van der Waals surface area contributed by atoms with Crippen molar-refractivity contribution in [1.82, 2.24) is 9.80 Å². The molecule has 0 aliphatic carbocycles. The molecule has 0 saturated carbocycles. The molecule has 11 nitrogen and oxygen atoms in total. The lowest BCUT2D eigenvalue weighted by Crippen LogP contribution is -2.64. The van der Waals surface area contributed by atoms with Gasteiger partial charge in [0.1, 0.15) is 29.3 Å². The molecule has 4 aliphatic rings. The SMILES string of the molecule is CCOC(=O)C1(C)CCN(C2=NOC3(C2)CN(C(=O)OC(C)(C)C)C3)CC1.CCOc1cc(C=O)cc(N2CCCC2)c1-c1ccc(F)cc1. The van der Waals surface area contributed by atoms with Crippen molar-refractivity contribution in [2.45, 2.75) is 84.8 Å². The van der Waals surface area contributed by atoms with Crippen molar-refractivity contribution in [3.63, 3.8) is 0 Å². The fourth-order valence-corrected chi connectivity index (χ4v) is 6.79. The second-order valence-electron chi connectivity index (χ2n) is 14.7. The van der Waals surface area contributed by atoms with Crippen LogP contribution in [0, 0.1) is 11.2 Å². The minimum absolute atomic E-state index is 0.113. The maximum absolute atomic E-state index is 13.3. The van der Waals surface area contributed by atoms with Gasteiger partial charge in [-0.1, -0.05) is 17.3 Å². The van der Waals surface area contributed by atoms with Crippen LogP contribution in [0.1, 0.15) is 84.0 Å². The quantitative estimate of drug-likeness (QED) is 0.232. The number of amides is 1. The first-order valence-electron chi connectivity index (χ1n) is 17.7. The van der Waals surface area contributed by atoms with Crippen molar-refractivity contribution < 1.29 is 37.8 Å². The van der Waals surface area contributed by atoms with Gasteiger partial charge in [-0.15, -0.1) is 0 Å². The highest BCUT2D eigenvalue weighted by Crippen LogP contribution is 2.42. The monoisotopic (exact) mass is 694 g/mol. The van der Waals surface area contributed by atoms with Gasteiger partial charge in [-0.05, 0) is 97.1 Å². The number of carbonyl (C=O) groups excluding carboxylic acids is 3. The standard InChI is InChI=1S/C19H20FNO2.C19H31N3O5/c1-2-23-18-12-14(13-22)11-17(21-9-3-4-10-21)19(18)15-5-7-16(20)8-6-15;1-6-25-15(23)18(5)7-9-21(10-8-18)14-11-19(27-20-14)12-22(13-19)16(24)26-17(2,3)4/h5-8,11-13H,2-4,9-10H2,1H3;6-13H2,1-5H3. The van der Waals surface area contributed by atoms with E-state index in [1.165, 1.54) is 12.1 Å². The van der Waals surface area contributed by atoms with Crippen molar-refractivity contribution in [1.29, 1.82) is 0 Å². The Bertz CT molecular complexity index is 1550. The van der Waals surface area contributed by atoms with E-state index in [-0.39, 0.29) is 17.9 Å². The van der Waals surface area contributed by atoms with E-state index in [4.69, 9.17) is 19.0 Å². The van der Waals surface area contributed by atoms with Gasteiger partial charge < -0.3 is 28.8 Å². The number of rotatable bonds is 7. The van der Waals surface area contributed by atoms with Crippen LogP contribution >= 0.6 is 0 Å². The lowest BCUT2D eigenvalue weighted by molar-refractivity contribution is -0.156. The number of ether oxygens (including phenoxy) is 3. The van der Waals surface area contributed by atoms with Crippen LogP contribution < -0.4 is 9.64 Å². The summed E-state index contributed by atoms with van der Waals surface area (Å²) >= 11 is 0. The number of benzene rings is 2. The van der Waals surface area contributed by atoms with E-state index in [9.17, 15) is 18.8 Å². The highest BCUT2D eigenvalue weighted by Gasteiger charge is 2.54. The summed E-state index contributed by atoms with van der Waals surface area (Å²) in [4.78, 5) is 47.4. The number of esters is 1. The van der Waals surface area contributed by atoms with Crippen LogP contribution in [0.3, 0.4) is 0 Å². The smallest absolute Gasteiger partial charge is 0.410 e. The normalized spacial score (nSPS) is 19.1. The molecule has 4 heterocycles. The summed E-state index contributed by atoms with van der Waals surface area (Å²) in [6.45, 7) is 16.6. The third-order valence-corrected chi connectivity index (χ3v) is 9.55. The molecule has 1 spiro atoms. The molecular weight excluding hydrogens is 643 g/mol. The number of likely N-dealkylation sites (tertiary alicyclic amines) is 2. The first-order chi connectivity index (χ1) is 23.8. The van der Waals surface area contributed by atoms with Crippen LogP contribution in [-0.2, 0) is 19.1 Å². The molecule has 3 fully saturated rings. The molecule has 0 unspecified atom stereocenters. The summed E-state index contributed by atoms with van der Waals surface area (Å²) in [7, 11) is 0. The fraction of sp³-hybridized carbons (Fsp3) is 0.579. The number of hydrogen-bond donors (Lipinski definition) is 0. The number of halogens is 1. The minimum Gasteiger partial charge on any atom is -0.493 e. The largest absolute Gasteiger partial charge is 0.493 e. The van der Waals surface area contributed by atoms with E-state index in [1.54, 1.807) is 23.1 Å². The number of aldehydes is 1. The summed E-state index contributed by atoms with van der Waals surface area (Å²) < 4.78 is 29.7. The van der Waals surface area contributed by atoms with E-state index in [2.05, 4.69) is 15.0 Å². The van der Waals surface area contributed by atoms with Crippen LogP contribution in [0.15, 0.2) is 41.6 Å². The Morgan fingerprint density at radius 2 is 1.64 bits per heavy atom. The van der Waals surface area contributed by atoms with Crippen molar-refractivity contribution in [3.05, 3.63) is 47.8 Å². The zero-order chi connectivity index (χ0) is 36.1. The number of oxime groups is 1. The highest BCUT2D eigenvalue weighted by atomic mass is 19.1. The topological polar surface area (TPSA) is 110 Å². The molecule has 0 aromatic heterocycles. The molecule has 0 bridgehead atoms. The molecule has 50 heavy (non-hydrogen) atoms.